The second kappa shape index (κ2) is 4.13. The Hall–Kier alpha value is -0.830. The molecule has 1 fully saturated rings. The van der Waals surface area contributed by atoms with E-state index in [0.29, 0.717) is 12.4 Å². The Morgan fingerprint density at radius 3 is 2.71 bits per heavy atom. The smallest absolute Gasteiger partial charge is 0.148 e. The molecule has 0 aromatic carbocycles. The van der Waals surface area contributed by atoms with Crippen LogP contribution < -0.4 is 5.73 Å². The summed E-state index contributed by atoms with van der Waals surface area (Å²) in [4.78, 5) is 12.5. The molecule has 4 nitrogen and oxygen atoms in total. The molecule has 0 saturated carbocycles. The van der Waals surface area contributed by atoms with Gasteiger partial charge in [0, 0.05) is 6.54 Å². The summed E-state index contributed by atoms with van der Waals surface area (Å²) < 4.78 is 5.74. The summed E-state index contributed by atoms with van der Waals surface area (Å²) in [5, 5.41) is 0. The first kappa shape index (κ1) is 11.2. The summed E-state index contributed by atoms with van der Waals surface area (Å²) in [7, 11) is 0. The fraction of sp³-hybridized carbons (Fsp3) is 0.800. The van der Waals surface area contributed by atoms with E-state index in [1.165, 1.54) is 0 Å². The second-order valence-corrected chi connectivity index (χ2v) is 4.44. The highest BCUT2D eigenvalue weighted by molar-refractivity contribution is 5.54. The highest BCUT2D eigenvalue weighted by atomic mass is 16.5. The predicted octanol–water partition coefficient (Wildman–Crippen LogP) is 0.507. The van der Waals surface area contributed by atoms with E-state index < -0.39 is 0 Å². The van der Waals surface area contributed by atoms with Crippen LogP contribution in [0.1, 0.15) is 27.2 Å². The maximum absolute atomic E-state index is 10.7. The first-order valence-corrected chi connectivity index (χ1v) is 4.86. The Morgan fingerprint density at radius 1 is 1.64 bits per heavy atom. The lowest BCUT2D eigenvalue weighted by Crippen LogP contribution is -2.31. The SMILES string of the molecule is CC(C)(C)OC1CCN(CN)C1=C=O. The third kappa shape index (κ3) is 2.58. The molecule has 0 aromatic rings. The van der Waals surface area contributed by atoms with Crippen LogP contribution in [-0.2, 0) is 9.53 Å². The van der Waals surface area contributed by atoms with Gasteiger partial charge in [-0.2, -0.15) is 0 Å². The first-order valence-electron chi connectivity index (χ1n) is 4.86. The maximum Gasteiger partial charge on any atom is 0.148 e. The Balaban J connectivity index is 2.69. The van der Waals surface area contributed by atoms with Crippen LogP contribution in [0, 0.1) is 0 Å². The van der Waals surface area contributed by atoms with Crippen molar-refractivity contribution in [3.63, 3.8) is 0 Å². The minimum Gasteiger partial charge on any atom is -0.366 e. The van der Waals surface area contributed by atoms with Crippen molar-refractivity contribution in [2.75, 3.05) is 13.2 Å². The van der Waals surface area contributed by atoms with Crippen molar-refractivity contribution in [2.45, 2.75) is 38.9 Å². The van der Waals surface area contributed by atoms with Gasteiger partial charge in [-0.25, -0.2) is 4.79 Å². The lowest BCUT2D eigenvalue weighted by Gasteiger charge is -2.25. The molecule has 0 radical (unpaired) electrons. The number of rotatable bonds is 2. The van der Waals surface area contributed by atoms with Gasteiger partial charge in [0.25, 0.3) is 0 Å². The molecule has 0 spiro atoms. The number of nitrogens with zero attached hydrogens (tertiary/aromatic N) is 1. The topological polar surface area (TPSA) is 55.6 Å². The number of hydrogen-bond donors (Lipinski definition) is 1. The average molecular weight is 198 g/mol. The van der Waals surface area contributed by atoms with Crippen LogP contribution in [0.15, 0.2) is 5.70 Å². The zero-order chi connectivity index (χ0) is 10.8. The van der Waals surface area contributed by atoms with Crippen LogP contribution in [0.3, 0.4) is 0 Å². The van der Waals surface area contributed by atoms with Crippen molar-refractivity contribution < 1.29 is 9.53 Å². The number of carbonyl (C=O) groups excluding carboxylic acids is 1. The van der Waals surface area contributed by atoms with E-state index >= 15 is 0 Å². The fourth-order valence-corrected chi connectivity index (χ4v) is 1.60. The molecule has 1 aliphatic rings. The van der Waals surface area contributed by atoms with Gasteiger partial charge in [-0.1, -0.05) is 0 Å². The van der Waals surface area contributed by atoms with E-state index in [-0.39, 0.29) is 11.7 Å². The van der Waals surface area contributed by atoms with Gasteiger partial charge in [-0.3, -0.25) is 0 Å². The lowest BCUT2D eigenvalue weighted by atomic mass is 10.1. The summed E-state index contributed by atoms with van der Waals surface area (Å²) in [6.45, 7) is 7.05. The van der Waals surface area contributed by atoms with Gasteiger partial charge in [0.05, 0.1) is 12.3 Å². The van der Waals surface area contributed by atoms with E-state index in [9.17, 15) is 4.79 Å². The summed E-state index contributed by atoms with van der Waals surface area (Å²) >= 11 is 0. The van der Waals surface area contributed by atoms with Crippen molar-refractivity contribution in [3.05, 3.63) is 5.70 Å². The van der Waals surface area contributed by atoms with Gasteiger partial charge in [0.15, 0.2) is 0 Å². The van der Waals surface area contributed by atoms with E-state index in [2.05, 4.69) is 0 Å². The van der Waals surface area contributed by atoms with Crippen molar-refractivity contribution in [1.29, 1.82) is 0 Å². The first-order chi connectivity index (χ1) is 6.48. The van der Waals surface area contributed by atoms with E-state index in [1.807, 2.05) is 31.6 Å². The van der Waals surface area contributed by atoms with Crippen molar-refractivity contribution >= 4 is 5.94 Å². The van der Waals surface area contributed by atoms with Gasteiger partial charge in [0.2, 0.25) is 0 Å². The molecule has 0 amide bonds. The molecule has 1 rings (SSSR count). The molecule has 80 valence electrons. The fourth-order valence-electron chi connectivity index (χ4n) is 1.60. The molecule has 14 heavy (non-hydrogen) atoms. The quantitative estimate of drug-likeness (QED) is 0.657. The summed E-state index contributed by atoms with van der Waals surface area (Å²) in [6, 6.07) is 0. The molecule has 0 aliphatic carbocycles. The molecule has 1 heterocycles. The molecule has 1 atom stereocenters. The molecule has 0 aromatic heterocycles. The van der Waals surface area contributed by atoms with Crippen molar-refractivity contribution in [1.82, 2.24) is 4.90 Å². The third-order valence-electron chi connectivity index (χ3n) is 2.13. The number of hydrogen-bond acceptors (Lipinski definition) is 4. The Kier molecular flexibility index (Phi) is 3.32. The highest BCUT2D eigenvalue weighted by Gasteiger charge is 2.32. The van der Waals surface area contributed by atoms with Gasteiger partial charge in [-0.05, 0) is 27.2 Å². The van der Waals surface area contributed by atoms with Crippen LogP contribution in [0.25, 0.3) is 0 Å². The van der Waals surface area contributed by atoms with E-state index in [0.717, 1.165) is 13.0 Å². The standard InChI is InChI=1S/C10H18N2O2/c1-10(2,3)14-9-4-5-12(7-11)8(9)6-13/h9H,4-5,7,11H2,1-3H3. The molecule has 4 heteroatoms. The van der Waals surface area contributed by atoms with Crippen LogP contribution in [-0.4, -0.2) is 35.8 Å². The Morgan fingerprint density at radius 2 is 2.29 bits per heavy atom. The van der Waals surface area contributed by atoms with Crippen molar-refractivity contribution in [2.24, 2.45) is 5.73 Å². The molecular weight excluding hydrogens is 180 g/mol. The molecule has 1 aliphatic heterocycles. The average Bonchev–Trinajstić information content (AvgIpc) is 2.43. The van der Waals surface area contributed by atoms with Gasteiger partial charge in [-0.15, -0.1) is 0 Å². The largest absolute Gasteiger partial charge is 0.366 e. The van der Waals surface area contributed by atoms with Gasteiger partial charge >= 0.3 is 0 Å². The van der Waals surface area contributed by atoms with E-state index in [1.54, 1.807) is 0 Å². The summed E-state index contributed by atoms with van der Waals surface area (Å²) in [5.74, 6) is 1.93. The van der Waals surface area contributed by atoms with Crippen LogP contribution in [0.4, 0.5) is 0 Å². The number of likely N-dealkylation sites (tertiary alicyclic amines) is 1. The summed E-state index contributed by atoms with van der Waals surface area (Å²) in [6.07, 6.45) is 0.676. The number of nitrogens with two attached hydrogens (primary N) is 1. The van der Waals surface area contributed by atoms with Crippen LogP contribution in [0.2, 0.25) is 0 Å². The highest BCUT2D eigenvalue weighted by Crippen LogP contribution is 2.25. The number of ether oxygens (including phenoxy) is 1. The zero-order valence-electron chi connectivity index (χ0n) is 9.04. The van der Waals surface area contributed by atoms with E-state index in [4.69, 9.17) is 10.5 Å². The van der Waals surface area contributed by atoms with Crippen LogP contribution in [0.5, 0.6) is 0 Å². The van der Waals surface area contributed by atoms with Crippen LogP contribution >= 0.6 is 0 Å². The molecule has 1 unspecified atom stereocenters. The zero-order valence-corrected chi connectivity index (χ0v) is 9.04. The minimum atomic E-state index is -0.239. The molecule has 1 saturated heterocycles. The third-order valence-corrected chi connectivity index (χ3v) is 2.13. The van der Waals surface area contributed by atoms with Gasteiger partial charge < -0.3 is 15.4 Å². The monoisotopic (exact) mass is 198 g/mol. The lowest BCUT2D eigenvalue weighted by molar-refractivity contribution is -0.0404. The molecular formula is C10H18N2O2. The predicted molar refractivity (Wildman–Crippen MR) is 54.2 cm³/mol. The van der Waals surface area contributed by atoms with Gasteiger partial charge in [0.1, 0.15) is 17.7 Å². The Bertz CT molecular complexity index is 251. The summed E-state index contributed by atoms with van der Waals surface area (Å²) in [5.41, 5.74) is 5.82. The second-order valence-electron chi connectivity index (χ2n) is 4.44. The molecule has 2 N–H and O–H groups in total. The normalized spacial score (nSPS) is 22.7. The molecule has 0 bridgehead atoms. The maximum atomic E-state index is 10.7. The Labute approximate surface area is 84.7 Å². The van der Waals surface area contributed by atoms with Crippen molar-refractivity contribution in [3.8, 4) is 0 Å². The minimum absolute atomic E-state index is 0.143.